The third-order valence-corrected chi connectivity index (χ3v) is 2.82. The molecule has 0 radical (unpaired) electrons. The van der Waals surface area contributed by atoms with Gasteiger partial charge in [0, 0.05) is 18.3 Å². The maximum Gasteiger partial charge on any atom is 0.327 e. The monoisotopic (exact) mass is 277 g/mol. The number of nitrogens with two attached hydrogens (primary N) is 1. The first kappa shape index (κ1) is 13.9. The number of amides is 1. The molecule has 0 saturated carbocycles. The minimum Gasteiger partial charge on any atom is -0.346 e. The Bertz CT molecular complexity index is 774. The summed E-state index contributed by atoms with van der Waals surface area (Å²) in [5.74, 6) is -0.388. The van der Waals surface area contributed by atoms with Gasteiger partial charge in [0.1, 0.15) is 5.65 Å². The van der Waals surface area contributed by atoms with Crippen molar-refractivity contribution in [2.24, 2.45) is 5.73 Å². The number of nitrogens with zero attached hydrogens (tertiary/aromatic N) is 1. The molecule has 0 aliphatic heterocycles. The van der Waals surface area contributed by atoms with Crippen LogP contribution in [-0.2, 0) is 0 Å². The lowest BCUT2D eigenvalue weighted by Crippen LogP contribution is -2.48. The molecule has 0 aliphatic carbocycles. The molecule has 0 saturated heterocycles. The molecule has 2 rings (SSSR count). The molecule has 1 amide bonds. The number of aromatic amines is 2. The van der Waals surface area contributed by atoms with Crippen LogP contribution >= 0.6 is 0 Å². The van der Waals surface area contributed by atoms with E-state index in [1.807, 2.05) is 0 Å². The highest BCUT2D eigenvalue weighted by Crippen LogP contribution is 2.07. The Morgan fingerprint density at radius 2 is 2.10 bits per heavy atom. The van der Waals surface area contributed by atoms with Crippen LogP contribution in [0.2, 0.25) is 0 Å². The lowest BCUT2D eigenvalue weighted by Gasteiger charge is -2.24. The van der Waals surface area contributed by atoms with Crippen molar-refractivity contribution in [2.75, 3.05) is 6.54 Å². The number of hydrogen-bond acceptors (Lipinski definition) is 5. The molecule has 106 valence electrons. The Kier molecular flexibility index (Phi) is 3.41. The van der Waals surface area contributed by atoms with Gasteiger partial charge in [-0.1, -0.05) is 0 Å². The zero-order chi connectivity index (χ0) is 14.9. The van der Waals surface area contributed by atoms with Crippen molar-refractivity contribution in [1.29, 1.82) is 0 Å². The van der Waals surface area contributed by atoms with Gasteiger partial charge < -0.3 is 11.1 Å². The first-order valence-corrected chi connectivity index (χ1v) is 5.97. The second kappa shape index (κ2) is 4.89. The largest absolute Gasteiger partial charge is 0.346 e. The molecule has 0 unspecified atom stereocenters. The number of H-pyrrole nitrogens is 2. The summed E-state index contributed by atoms with van der Waals surface area (Å²) in [6.07, 6.45) is 1.29. The summed E-state index contributed by atoms with van der Waals surface area (Å²) >= 11 is 0. The second-order valence-electron chi connectivity index (χ2n) is 5.07. The Balaban J connectivity index is 2.45. The molecule has 2 aromatic heterocycles. The molecule has 0 bridgehead atoms. The average molecular weight is 277 g/mol. The van der Waals surface area contributed by atoms with Crippen LogP contribution in [0.5, 0.6) is 0 Å². The van der Waals surface area contributed by atoms with Crippen LogP contribution in [0.25, 0.3) is 11.0 Å². The second-order valence-corrected chi connectivity index (χ2v) is 5.07. The van der Waals surface area contributed by atoms with Crippen molar-refractivity contribution < 1.29 is 4.79 Å². The molecule has 2 aromatic rings. The SMILES string of the molecule is CC(C)(CN)NC(=O)c1cnc2[nH]c(=O)[nH]c(=O)c2c1. The number of rotatable bonds is 3. The standard InChI is InChI=1S/C12H15N5O3/c1-12(2,5-13)17-9(18)6-3-7-8(14-4-6)15-11(20)16-10(7)19/h3-4H,5,13H2,1-2H3,(H,17,18)(H2,14,15,16,19,20). The van der Waals surface area contributed by atoms with Gasteiger partial charge >= 0.3 is 5.69 Å². The molecule has 2 heterocycles. The lowest BCUT2D eigenvalue weighted by molar-refractivity contribution is 0.0915. The Labute approximate surface area is 113 Å². The molecule has 20 heavy (non-hydrogen) atoms. The molecule has 8 heteroatoms. The zero-order valence-corrected chi connectivity index (χ0v) is 11.1. The molecule has 8 nitrogen and oxygen atoms in total. The van der Waals surface area contributed by atoms with Crippen molar-refractivity contribution >= 4 is 16.9 Å². The number of pyridine rings is 1. The average Bonchev–Trinajstić information content (AvgIpc) is 2.37. The van der Waals surface area contributed by atoms with Crippen molar-refractivity contribution in [2.45, 2.75) is 19.4 Å². The van der Waals surface area contributed by atoms with Crippen LogP contribution in [0.4, 0.5) is 0 Å². The van der Waals surface area contributed by atoms with Gasteiger partial charge in [0.15, 0.2) is 0 Å². The predicted octanol–water partition coefficient (Wildman–Crippen LogP) is -0.921. The molecule has 0 fully saturated rings. The van der Waals surface area contributed by atoms with Crippen molar-refractivity contribution in [3.63, 3.8) is 0 Å². The predicted molar refractivity (Wildman–Crippen MR) is 73.6 cm³/mol. The minimum atomic E-state index is -0.642. The van der Waals surface area contributed by atoms with Crippen LogP contribution in [-0.4, -0.2) is 32.9 Å². The Morgan fingerprint density at radius 3 is 2.75 bits per heavy atom. The van der Waals surface area contributed by atoms with E-state index in [9.17, 15) is 14.4 Å². The van der Waals surface area contributed by atoms with E-state index >= 15 is 0 Å². The number of carbonyl (C=O) groups excluding carboxylic acids is 1. The van der Waals surface area contributed by atoms with E-state index in [-0.39, 0.29) is 29.0 Å². The molecule has 0 spiro atoms. The number of hydrogen-bond donors (Lipinski definition) is 4. The fourth-order valence-electron chi connectivity index (χ4n) is 1.60. The van der Waals surface area contributed by atoms with Gasteiger partial charge in [0.05, 0.1) is 10.9 Å². The van der Waals surface area contributed by atoms with E-state index < -0.39 is 16.8 Å². The number of nitrogens with one attached hydrogen (secondary N) is 3. The van der Waals surface area contributed by atoms with Gasteiger partial charge in [-0.2, -0.15) is 0 Å². The summed E-state index contributed by atoms with van der Waals surface area (Å²) in [4.78, 5) is 43.2. The zero-order valence-electron chi connectivity index (χ0n) is 11.1. The Hall–Kier alpha value is -2.48. The van der Waals surface area contributed by atoms with E-state index in [2.05, 4.69) is 20.3 Å². The quantitative estimate of drug-likeness (QED) is 0.575. The van der Waals surface area contributed by atoms with E-state index in [1.54, 1.807) is 13.8 Å². The lowest BCUT2D eigenvalue weighted by atomic mass is 10.1. The van der Waals surface area contributed by atoms with Crippen LogP contribution in [0.15, 0.2) is 21.9 Å². The first-order valence-electron chi connectivity index (χ1n) is 5.97. The van der Waals surface area contributed by atoms with Crippen molar-refractivity contribution in [1.82, 2.24) is 20.3 Å². The van der Waals surface area contributed by atoms with Gasteiger partial charge in [0.2, 0.25) is 0 Å². The van der Waals surface area contributed by atoms with Gasteiger partial charge in [0.25, 0.3) is 11.5 Å². The molecule has 0 atom stereocenters. The highest BCUT2D eigenvalue weighted by Gasteiger charge is 2.20. The summed E-state index contributed by atoms with van der Waals surface area (Å²) < 4.78 is 0. The highest BCUT2D eigenvalue weighted by atomic mass is 16.2. The highest BCUT2D eigenvalue weighted by molar-refractivity contribution is 5.97. The summed E-state index contributed by atoms with van der Waals surface area (Å²) in [5.41, 5.74) is 4.09. The van der Waals surface area contributed by atoms with Crippen LogP contribution in [0.3, 0.4) is 0 Å². The third-order valence-electron chi connectivity index (χ3n) is 2.82. The topological polar surface area (TPSA) is 134 Å². The third kappa shape index (κ3) is 2.75. The molecular weight excluding hydrogens is 262 g/mol. The van der Waals surface area contributed by atoms with E-state index in [0.717, 1.165) is 0 Å². The number of carbonyl (C=O) groups is 1. The molecule has 5 N–H and O–H groups in total. The number of aromatic nitrogens is 3. The van der Waals surface area contributed by atoms with Gasteiger partial charge in [-0.15, -0.1) is 0 Å². The maximum atomic E-state index is 12.1. The van der Waals surface area contributed by atoms with E-state index in [0.29, 0.717) is 0 Å². The molecule has 0 aliphatic rings. The Morgan fingerprint density at radius 1 is 1.40 bits per heavy atom. The summed E-state index contributed by atoms with van der Waals surface area (Å²) in [6.45, 7) is 3.83. The molecular formula is C12H15N5O3. The van der Waals surface area contributed by atoms with E-state index in [1.165, 1.54) is 12.3 Å². The van der Waals surface area contributed by atoms with Gasteiger partial charge in [-0.3, -0.25) is 19.6 Å². The van der Waals surface area contributed by atoms with E-state index in [4.69, 9.17) is 5.73 Å². The fraction of sp³-hybridized carbons (Fsp3) is 0.333. The smallest absolute Gasteiger partial charge is 0.327 e. The minimum absolute atomic E-state index is 0.133. The fourth-order valence-corrected chi connectivity index (χ4v) is 1.60. The summed E-state index contributed by atoms with van der Waals surface area (Å²) in [6, 6.07) is 1.37. The van der Waals surface area contributed by atoms with Crippen LogP contribution in [0, 0.1) is 0 Å². The van der Waals surface area contributed by atoms with Gasteiger partial charge in [-0.05, 0) is 19.9 Å². The normalized spacial score (nSPS) is 11.6. The number of fused-ring (bicyclic) bond motifs is 1. The molecule has 0 aromatic carbocycles. The van der Waals surface area contributed by atoms with Crippen molar-refractivity contribution in [3.8, 4) is 0 Å². The van der Waals surface area contributed by atoms with Crippen LogP contribution < -0.4 is 22.3 Å². The maximum absolute atomic E-state index is 12.1. The van der Waals surface area contributed by atoms with Gasteiger partial charge in [-0.25, -0.2) is 9.78 Å². The first-order chi connectivity index (χ1) is 9.32. The summed E-state index contributed by atoms with van der Waals surface area (Å²) in [7, 11) is 0. The summed E-state index contributed by atoms with van der Waals surface area (Å²) in [5, 5.41) is 2.87. The van der Waals surface area contributed by atoms with Crippen molar-refractivity contribution in [3.05, 3.63) is 38.7 Å². The van der Waals surface area contributed by atoms with Crippen LogP contribution in [0.1, 0.15) is 24.2 Å².